The summed E-state index contributed by atoms with van der Waals surface area (Å²) in [6.07, 6.45) is 3.70. The molecular formula is C16H24ClN3O. The number of amides is 1. The summed E-state index contributed by atoms with van der Waals surface area (Å²) < 4.78 is 0. The van der Waals surface area contributed by atoms with Crippen LogP contribution < -0.4 is 11.5 Å². The maximum absolute atomic E-state index is 11.8. The van der Waals surface area contributed by atoms with E-state index in [1.165, 1.54) is 0 Å². The van der Waals surface area contributed by atoms with Crippen LogP contribution in [0.15, 0.2) is 24.3 Å². The van der Waals surface area contributed by atoms with Crippen LogP contribution >= 0.6 is 11.6 Å². The van der Waals surface area contributed by atoms with Gasteiger partial charge in [0.1, 0.15) is 0 Å². The predicted octanol–water partition coefficient (Wildman–Crippen LogP) is 2.46. The average molecular weight is 310 g/mol. The van der Waals surface area contributed by atoms with Crippen LogP contribution in [-0.4, -0.2) is 29.4 Å². The minimum atomic E-state index is -0.268. The van der Waals surface area contributed by atoms with Crippen LogP contribution in [0.25, 0.3) is 0 Å². The SMILES string of the molecule is CCC(N)C(c1ccccc1Cl)N1CCCCC1C(N)=O. The van der Waals surface area contributed by atoms with Crippen LogP contribution in [0.3, 0.4) is 0 Å². The number of likely N-dealkylation sites (tertiary alicyclic amines) is 1. The third kappa shape index (κ3) is 3.57. The van der Waals surface area contributed by atoms with Crippen molar-refractivity contribution in [3.63, 3.8) is 0 Å². The summed E-state index contributed by atoms with van der Waals surface area (Å²) in [4.78, 5) is 14.0. The van der Waals surface area contributed by atoms with Crippen molar-refractivity contribution in [1.29, 1.82) is 0 Å². The fraction of sp³-hybridized carbons (Fsp3) is 0.562. The van der Waals surface area contributed by atoms with E-state index in [-0.39, 0.29) is 24.0 Å². The lowest BCUT2D eigenvalue weighted by atomic mass is 9.91. The van der Waals surface area contributed by atoms with Gasteiger partial charge in [-0.1, -0.05) is 43.1 Å². The van der Waals surface area contributed by atoms with Crippen molar-refractivity contribution in [2.45, 2.75) is 50.7 Å². The van der Waals surface area contributed by atoms with Crippen molar-refractivity contribution in [3.05, 3.63) is 34.9 Å². The highest BCUT2D eigenvalue weighted by Crippen LogP contribution is 2.34. The zero-order valence-corrected chi connectivity index (χ0v) is 13.2. The molecule has 1 aromatic carbocycles. The quantitative estimate of drug-likeness (QED) is 0.877. The summed E-state index contributed by atoms with van der Waals surface area (Å²) in [6, 6.07) is 7.33. The van der Waals surface area contributed by atoms with Crippen molar-refractivity contribution in [3.8, 4) is 0 Å². The summed E-state index contributed by atoms with van der Waals surface area (Å²) in [6.45, 7) is 2.88. The number of halogens is 1. The molecular weight excluding hydrogens is 286 g/mol. The number of nitrogens with zero attached hydrogens (tertiary/aromatic N) is 1. The van der Waals surface area contributed by atoms with E-state index in [1.807, 2.05) is 24.3 Å². The Labute approximate surface area is 131 Å². The van der Waals surface area contributed by atoms with Gasteiger partial charge in [-0.25, -0.2) is 0 Å². The van der Waals surface area contributed by atoms with Gasteiger partial charge in [-0.05, 0) is 37.4 Å². The Bertz CT molecular complexity index is 494. The molecule has 1 aliphatic rings. The maximum atomic E-state index is 11.8. The number of carbonyl (C=O) groups is 1. The van der Waals surface area contributed by atoms with Crippen LogP contribution in [0.5, 0.6) is 0 Å². The third-order valence-corrected chi connectivity index (χ3v) is 4.67. The van der Waals surface area contributed by atoms with Gasteiger partial charge < -0.3 is 11.5 Å². The van der Waals surface area contributed by atoms with Crippen LogP contribution in [0.4, 0.5) is 0 Å². The topological polar surface area (TPSA) is 72.3 Å². The first kappa shape index (κ1) is 16.3. The molecule has 0 saturated carbocycles. The van der Waals surface area contributed by atoms with Crippen molar-refractivity contribution >= 4 is 17.5 Å². The molecule has 0 radical (unpaired) electrons. The number of hydrogen-bond donors (Lipinski definition) is 2. The second-order valence-corrected chi connectivity index (χ2v) is 6.10. The van der Waals surface area contributed by atoms with Crippen LogP contribution in [0, 0.1) is 0 Å². The van der Waals surface area contributed by atoms with E-state index in [4.69, 9.17) is 23.1 Å². The summed E-state index contributed by atoms with van der Waals surface area (Å²) in [5, 5.41) is 0.695. The zero-order valence-electron chi connectivity index (χ0n) is 12.5. The Morgan fingerprint density at radius 2 is 2.14 bits per heavy atom. The van der Waals surface area contributed by atoms with E-state index >= 15 is 0 Å². The molecule has 21 heavy (non-hydrogen) atoms. The van der Waals surface area contributed by atoms with E-state index in [1.54, 1.807) is 0 Å². The Kier molecular flexibility index (Phi) is 5.62. The Morgan fingerprint density at radius 3 is 2.76 bits per heavy atom. The Balaban J connectivity index is 2.39. The first-order valence-electron chi connectivity index (χ1n) is 7.61. The monoisotopic (exact) mass is 309 g/mol. The molecule has 2 rings (SSSR count). The van der Waals surface area contributed by atoms with Gasteiger partial charge in [-0.15, -0.1) is 0 Å². The number of rotatable bonds is 5. The molecule has 1 amide bonds. The average Bonchev–Trinajstić information content (AvgIpc) is 2.49. The predicted molar refractivity (Wildman–Crippen MR) is 86.0 cm³/mol. The Hall–Kier alpha value is -1.10. The van der Waals surface area contributed by atoms with Crippen LogP contribution in [-0.2, 0) is 4.79 Å². The molecule has 0 spiro atoms. The Morgan fingerprint density at radius 1 is 1.43 bits per heavy atom. The number of primary amides is 1. The second kappa shape index (κ2) is 7.25. The molecule has 1 aliphatic heterocycles. The highest BCUT2D eigenvalue weighted by Gasteiger charge is 2.36. The molecule has 0 aromatic heterocycles. The van der Waals surface area contributed by atoms with Crippen molar-refractivity contribution in [2.24, 2.45) is 11.5 Å². The lowest BCUT2D eigenvalue weighted by Gasteiger charge is -2.42. The first-order valence-corrected chi connectivity index (χ1v) is 7.99. The van der Waals surface area contributed by atoms with E-state index in [0.29, 0.717) is 5.02 Å². The van der Waals surface area contributed by atoms with Gasteiger partial charge in [0.25, 0.3) is 0 Å². The lowest BCUT2D eigenvalue weighted by molar-refractivity contribution is -0.125. The number of nitrogens with two attached hydrogens (primary N) is 2. The standard InChI is InChI=1S/C16H24ClN3O/c1-2-13(18)15(11-7-3-4-8-12(11)17)20-10-6-5-9-14(20)16(19)21/h3-4,7-8,13-15H,2,5-6,9-10,18H2,1H3,(H2,19,21). The fourth-order valence-corrected chi connectivity index (χ4v) is 3.43. The van der Waals surface area contributed by atoms with Gasteiger partial charge in [-0.3, -0.25) is 9.69 Å². The van der Waals surface area contributed by atoms with Crippen molar-refractivity contribution in [2.75, 3.05) is 6.54 Å². The molecule has 3 atom stereocenters. The first-order chi connectivity index (χ1) is 10.1. The summed E-state index contributed by atoms with van der Waals surface area (Å²) in [7, 11) is 0. The zero-order chi connectivity index (χ0) is 15.4. The van der Waals surface area contributed by atoms with Gasteiger partial charge in [0.15, 0.2) is 0 Å². The highest BCUT2D eigenvalue weighted by atomic mass is 35.5. The fourth-order valence-electron chi connectivity index (χ4n) is 3.19. The van der Waals surface area contributed by atoms with Crippen molar-refractivity contribution in [1.82, 2.24) is 4.90 Å². The molecule has 0 aliphatic carbocycles. The summed E-state index contributed by atoms with van der Waals surface area (Å²) >= 11 is 6.37. The molecule has 1 fully saturated rings. The van der Waals surface area contributed by atoms with E-state index in [9.17, 15) is 4.79 Å². The van der Waals surface area contributed by atoms with Gasteiger partial charge >= 0.3 is 0 Å². The molecule has 5 heteroatoms. The van der Waals surface area contributed by atoms with Gasteiger partial charge in [0.05, 0.1) is 12.1 Å². The second-order valence-electron chi connectivity index (χ2n) is 5.69. The summed E-state index contributed by atoms with van der Waals surface area (Å²) in [5.41, 5.74) is 12.9. The molecule has 4 nitrogen and oxygen atoms in total. The smallest absolute Gasteiger partial charge is 0.234 e. The largest absolute Gasteiger partial charge is 0.368 e. The summed E-state index contributed by atoms with van der Waals surface area (Å²) in [5.74, 6) is -0.268. The minimum Gasteiger partial charge on any atom is -0.368 e. The molecule has 1 aromatic rings. The number of piperidine rings is 1. The molecule has 4 N–H and O–H groups in total. The lowest BCUT2D eigenvalue weighted by Crippen LogP contribution is -2.53. The normalized spacial score (nSPS) is 22.7. The van der Waals surface area contributed by atoms with Gasteiger partial charge in [0, 0.05) is 11.1 Å². The molecule has 116 valence electrons. The number of benzene rings is 1. The van der Waals surface area contributed by atoms with Crippen molar-refractivity contribution < 1.29 is 4.79 Å². The van der Waals surface area contributed by atoms with Gasteiger partial charge in [0.2, 0.25) is 5.91 Å². The highest BCUT2D eigenvalue weighted by molar-refractivity contribution is 6.31. The molecule has 1 heterocycles. The molecule has 1 saturated heterocycles. The molecule has 0 bridgehead atoms. The van der Waals surface area contributed by atoms with Gasteiger partial charge in [-0.2, -0.15) is 0 Å². The maximum Gasteiger partial charge on any atom is 0.234 e. The van der Waals surface area contributed by atoms with Crippen LogP contribution in [0.2, 0.25) is 5.02 Å². The van der Waals surface area contributed by atoms with E-state index in [2.05, 4.69) is 11.8 Å². The minimum absolute atomic E-state index is 0.0681. The van der Waals surface area contributed by atoms with E-state index in [0.717, 1.165) is 37.8 Å². The number of carbonyl (C=O) groups excluding carboxylic acids is 1. The number of hydrogen-bond acceptors (Lipinski definition) is 3. The third-order valence-electron chi connectivity index (χ3n) is 4.33. The molecule has 3 unspecified atom stereocenters. The van der Waals surface area contributed by atoms with E-state index < -0.39 is 0 Å². The van der Waals surface area contributed by atoms with Crippen LogP contribution in [0.1, 0.15) is 44.2 Å².